The monoisotopic (exact) mass is 475 g/mol. The summed E-state index contributed by atoms with van der Waals surface area (Å²) in [6, 6.07) is 10.4. The van der Waals surface area contributed by atoms with Gasteiger partial charge in [0.25, 0.3) is 0 Å². The van der Waals surface area contributed by atoms with E-state index in [4.69, 9.17) is 4.74 Å². The molecule has 2 rings (SSSR count). The molecule has 0 heterocycles. The third-order valence-corrected chi connectivity index (χ3v) is 4.91. The maximum atomic E-state index is 5.48. The summed E-state index contributed by atoms with van der Waals surface area (Å²) in [6.45, 7) is 4.20. The molecule has 1 atom stereocenters. The molecule has 2 aromatic carbocycles. The summed E-state index contributed by atoms with van der Waals surface area (Å²) in [5.41, 5.74) is 3.35. The minimum absolute atomic E-state index is 0.154. The molecule has 0 aromatic heterocycles. The highest BCUT2D eigenvalue weighted by Crippen LogP contribution is 2.36. The van der Waals surface area contributed by atoms with Crippen LogP contribution in [0.3, 0.4) is 0 Å². The number of nitrogens with one attached hydrogen (secondary N) is 1. The number of benzene rings is 2. The van der Waals surface area contributed by atoms with Crippen LogP contribution in [0.5, 0.6) is 5.75 Å². The summed E-state index contributed by atoms with van der Waals surface area (Å²) in [5.74, 6) is 0.835. The first kappa shape index (κ1) is 16.8. The van der Waals surface area contributed by atoms with Crippen molar-refractivity contribution in [3.63, 3.8) is 0 Å². The number of hydrogen-bond donors (Lipinski definition) is 1. The summed E-state index contributed by atoms with van der Waals surface area (Å²) in [5, 5.41) is 3.54. The average Bonchev–Trinajstić information content (AvgIpc) is 2.41. The lowest BCUT2D eigenvalue weighted by atomic mass is 10.1. The van der Waals surface area contributed by atoms with E-state index in [2.05, 4.69) is 85.2 Å². The molecule has 0 amide bonds. The molecule has 0 saturated heterocycles. The SMILES string of the molecule is COc1cc(Br)cc(C)c1NC(C)c1ccc(Br)cc1Br. The van der Waals surface area contributed by atoms with Gasteiger partial charge in [-0.1, -0.05) is 53.9 Å². The molecule has 0 bridgehead atoms. The molecule has 5 heteroatoms. The van der Waals surface area contributed by atoms with Crippen LogP contribution in [0, 0.1) is 6.92 Å². The van der Waals surface area contributed by atoms with Gasteiger partial charge in [-0.2, -0.15) is 0 Å². The topological polar surface area (TPSA) is 21.3 Å². The molecule has 0 aliphatic heterocycles. The number of methoxy groups -OCH3 is 1. The minimum atomic E-state index is 0.154. The number of rotatable bonds is 4. The van der Waals surface area contributed by atoms with Crippen molar-refractivity contribution < 1.29 is 4.74 Å². The first-order valence-corrected chi connectivity index (χ1v) is 8.86. The molecule has 0 aliphatic rings. The van der Waals surface area contributed by atoms with E-state index in [1.54, 1.807) is 7.11 Å². The predicted molar refractivity (Wildman–Crippen MR) is 99.3 cm³/mol. The smallest absolute Gasteiger partial charge is 0.143 e. The Bertz CT molecular complexity index is 658. The second kappa shape index (κ2) is 7.16. The van der Waals surface area contributed by atoms with Gasteiger partial charge >= 0.3 is 0 Å². The molecule has 1 N–H and O–H groups in total. The van der Waals surface area contributed by atoms with Crippen LogP contribution in [-0.2, 0) is 0 Å². The molecule has 2 nitrogen and oxygen atoms in total. The Labute approximate surface area is 150 Å². The van der Waals surface area contributed by atoms with Crippen LogP contribution in [0.1, 0.15) is 24.1 Å². The van der Waals surface area contributed by atoms with Crippen molar-refractivity contribution >= 4 is 53.5 Å². The van der Waals surface area contributed by atoms with Crippen LogP contribution in [0.2, 0.25) is 0 Å². The van der Waals surface area contributed by atoms with Gasteiger partial charge in [0.05, 0.1) is 12.8 Å². The predicted octanol–water partition coefficient (Wildman–Crippen LogP) is 6.46. The van der Waals surface area contributed by atoms with Gasteiger partial charge in [0.2, 0.25) is 0 Å². The van der Waals surface area contributed by atoms with Crippen molar-refractivity contribution in [3.05, 3.63) is 54.9 Å². The van der Waals surface area contributed by atoms with Crippen LogP contribution in [-0.4, -0.2) is 7.11 Å². The van der Waals surface area contributed by atoms with Gasteiger partial charge in [0, 0.05) is 19.5 Å². The normalized spacial score (nSPS) is 12.1. The number of anilines is 1. The Kier molecular flexibility index (Phi) is 5.74. The Morgan fingerprint density at radius 2 is 1.76 bits per heavy atom. The van der Waals surface area contributed by atoms with Crippen molar-refractivity contribution in [3.8, 4) is 5.75 Å². The van der Waals surface area contributed by atoms with E-state index in [1.165, 1.54) is 5.56 Å². The Morgan fingerprint density at radius 3 is 2.38 bits per heavy atom. The molecule has 1 unspecified atom stereocenters. The Balaban J connectivity index is 2.33. The van der Waals surface area contributed by atoms with Gasteiger partial charge in [-0.05, 0) is 49.2 Å². The van der Waals surface area contributed by atoms with Crippen molar-refractivity contribution in [1.29, 1.82) is 0 Å². The van der Waals surface area contributed by atoms with Crippen molar-refractivity contribution in [1.82, 2.24) is 0 Å². The van der Waals surface area contributed by atoms with Crippen LogP contribution >= 0.6 is 47.8 Å². The van der Waals surface area contributed by atoms with E-state index < -0.39 is 0 Å². The zero-order chi connectivity index (χ0) is 15.6. The summed E-state index contributed by atoms with van der Waals surface area (Å²) in [4.78, 5) is 0. The van der Waals surface area contributed by atoms with Gasteiger partial charge in [-0.3, -0.25) is 0 Å². The minimum Gasteiger partial charge on any atom is -0.495 e. The zero-order valence-corrected chi connectivity index (χ0v) is 16.8. The fourth-order valence-electron chi connectivity index (χ4n) is 2.21. The molecule has 112 valence electrons. The van der Waals surface area contributed by atoms with Crippen molar-refractivity contribution in [2.45, 2.75) is 19.9 Å². The molecular formula is C16H16Br3NO. The highest BCUT2D eigenvalue weighted by atomic mass is 79.9. The van der Waals surface area contributed by atoms with E-state index in [-0.39, 0.29) is 6.04 Å². The lowest BCUT2D eigenvalue weighted by Gasteiger charge is -2.21. The summed E-state index contributed by atoms with van der Waals surface area (Å²) >= 11 is 10.6. The molecule has 0 saturated carbocycles. The molecule has 0 radical (unpaired) electrons. The van der Waals surface area contributed by atoms with Gasteiger partial charge in [-0.15, -0.1) is 0 Å². The largest absolute Gasteiger partial charge is 0.495 e. The molecule has 0 spiro atoms. The molecule has 0 aliphatic carbocycles. The van der Waals surface area contributed by atoms with Crippen molar-refractivity contribution in [2.75, 3.05) is 12.4 Å². The van der Waals surface area contributed by atoms with E-state index in [0.717, 1.165) is 30.4 Å². The second-order valence-corrected chi connectivity index (χ2v) is 7.52. The van der Waals surface area contributed by atoms with Gasteiger partial charge in [-0.25, -0.2) is 0 Å². The number of hydrogen-bond acceptors (Lipinski definition) is 2. The highest BCUT2D eigenvalue weighted by Gasteiger charge is 2.14. The number of ether oxygens (including phenoxy) is 1. The van der Waals surface area contributed by atoms with Gasteiger partial charge in [0.1, 0.15) is 5.75 Å². The van der Waals surface area contributed by atoms with Crippen LogP contribution in [0.25, 0.3) is 0 Å². The quantitative estimate of drug-likeness (QED) is 0.545. The summed E-state index contributed by atoms with van der Waals surface area (Å²) < 4.78 is 8.63. The van der Waals surface area contributed by atoms with E-state index in [1.807, 2.05) is 12.1 Å². The maximum Gasteiger partial charge on any atom is 0.143 e. The van der Waals surface area contributed by atoms with E-state index >= 15 is 0 Å². The fourth-order valence-corrected chi connectivity index (χ4v) is 4.15. The molecule has 0 fully saturated rings. The average molecular weight is 478 g/mol. The molecule has 21 heavy (non-hydrogen) atoms. The first-order chi connectivity index (χ1) is 9.92. The molecule has 2 aromatic rings. The lowest BCUT2D eigenvalue weighted by Crippen LogP contribution is -2.09. The Morgan fingerprint density at radius 1 is 1.05 bits per heavy atom. The standard InChI is InChI=1S/C16H16Br3NO/c1-9-6-12(18)8-15(21-3)16(9)20-10(2)13-5-4-11(17)7-14(13)19/h4-8,10,20H,1-3H3. The van der Waals surface area contributed by atoms with Crippen LogP contribution < -0.4 is 10.1 Å². The van der Waals surface area contributed by atoms with Crippen molar-refractivity contribution in [2.24, 2.45) is 0 Å². The molecular weight excluding hydrogens is 462 g/mol. The summed E-state index contributed by atoms with van der Waals surface area (Å²) in [7, 11) is 1.69. The maximum absolute atomic E-state index is 5.48. The fraction of sp³-hybridized carbons (Fsp3) is 0.250. The van der Waals surface area contributed by atoms with E-state index in [9.17, 15) is 0 Å². The van der Waals surface area contributed by atoms with E-state index in [0.29, 0.717) is 0 Å². The number of halogens is 3. The van der Waals surface area contributed by atoms with Crippen LogP contribution in [0.4, 0.5) is 5.69 Å². The summed E-state index contributed by atoms with van der Waals surface area (Å²) in [6.07, 6.45) is 0. The third-order valence-electron chi connectivity index (χ3n) is 3.27. The first-order valence-electron chi connectivity index (χ1n) is 6.48. The highest BCUT2D eigenvalue weighted by molar-refractivity contribution is 9.11. The Hall–Kier alpha value is -0.520. The second-order valence-electron chi connectivity index (χ2n) is 4.83. The lowest BCUT2D eigenvalue weighted by molar-refractivity contribution is 0.415. The van der Waals surface area contributed by atoms with Crippen LogP contribution in [0.15, 0.2) is 43.7 Å². The third kappa shape index (κ3) is 4.02. The van der Waals surface area contributed by atoms with Gasteiger partial charge in [0.15, 0.2) is 0 Å². The van der Waals surface area contributed by atoms with Gasteiger partial charge < -0.3 is 10.1 Å². The zero-order valence-electron chi connectivity index (χ0n) is 12.0. The number of aryl methyl sites for hydroxylation is 1.